The van der Waals surface area contributed by atoms with Crippen molar-refractivity contribution in [1.29, 1.82) is 0 Å². The highest BCUT2D eigenvalue weighted by molar-refractivity contribution is 5.94. The molecule has 0 aliphatic heterocycles. The number of pyridine rings is 1. The Morgan fingerprint density at radius 2 is 1.90 bits per heavy atom. The molecule has 2 aromatic heterocycles. The first-order valence-electron chi connectivity index (χ1n) is 9.39. The van der Waals surface area contributed by atoms with E-state index in [1.807, 2.05) is 6.92 Å². The Morgan fingerprint density at radius 3 is 2.59 bits per heavy atom. The van der Waals surface area contributed by atoms with Crippen LogP contribution in [-0.4, -0.2) is 51.8 Å². The standard InChI is InChI=1S/C20H24N6O3/c1-13-16-7-8-17(28)26(18(16)25-20(24-13)23-11-9-21)15-5-3-14(4-6-15)19(29)22-10-2-12-27/h3-8,27H,2,9-12,21H2,1H3,(H,22,29)(H,23,24,25). The number of aryl methyl sites for hydroxylation is 1. The van der Waals surface area contributed by atoms with Crippen molar-refractivity contribution < 1.29 is 9.90 Å². The Labute approximate surface area is 167 Å². The van der Waals surface area contributed by atoms with Crippen LogP contribution >= 0.6 is 0 Å². The number of nitrogens with two attached hydrogens (primary N) is 1. The van der Waals surface area contributed by atoms with E-state index in [0.29, 0.717) is 48.9 Å². The van der Waals surface area contributed by atoms with E-state index in [0.717, 1.165) is 11.1 Å². The molecular formula is C20H24N6O3. The maximum atomic E-state index is 12.6. The number of rotatable bonds is 8. The zero-order chi connectivity index (χ0) is 20.8. The van der Waals surface area contributed by atoms with Gasteiger partial charge in [-0.05, 0) is 43.7 Å². The van der Waals surface area contributed by atoms with E-state index in [-0.39, 0.29) is 18.1 Å². The maximum Gasteiger partial charge on any atom is 0.256 e. The van der Waals surface area contributed by atoms with Crippen LogP contribution in [0.15, 0.2) is 41.2 Å². The van der Waals surface area contributed by atoms with Crippen LogP contribution in [0.2, 0.25) is 0 Å². The van der Waals surface area contributed by atoms with E-state index in [4.69, 9.17) is 10.8 Å². The Kier molecular flexibility index (Phi) is 6.53. The molecule has 29 heavy (non-hydrogen) atoms. The van der Waals surface area contributed by atoms with Gasteiger partial charge in [0.25, 0.3) is 11.5 Å². The SMILES string of the molecule is Cc1nc(NCCN)nc2c1ccc(=O)n2-c1ccc(C(=O)NCCCO)cc1. The predicted molar refractivity (Wildman–Crippen MR) is 111 cm³/mol. The number of aromatic nitrogens is 3. The molecule has 0 spiro atoms. The van der Waals surface area contributed by atoms with Gasteiger partial charge >= 0.3 is 0 Å². The molecule has 0 atom stereocenters. The van der Waals surface area contributed by atoms with Crippen molar-refractivity contribution in [2.75, 3.05) is 31.6 Å². The molecule has 2 heterocycles. The van der Waals surface area contributed by atoms with Gasteiger partial charge < -0.3 is 21.5 Å². The molecule has 3 aromatic rings. The molecule has 0 saturated carbocycles. The number of aliphatic hydroxyl groups is 1. The van der Waals surface area contributed by atoms with Gasteiger partial charge in [0.15, 0.2) is 5.65 Å². The minimum Gasteiger partial charge on any atom is -0.396 e. The molecule has 9 nitrogen and oxygen atoms in total. The number of nitrogens with zero attached hydrogens (tertiary/aromatic N) is 3. The molecule has 1 amide bonds. The molecule has 0 saturated heterocycles. The molecule has 1 aromatic carbocycles. The van der Waals surface area contributed by atoms with Crippen molar-refractivity contribution in [1.82, 2.24) is 19.9 Å². The Hall–Kier alpha value is -3.30. The molecule has 0 radical (unpaired) electrons. The number of hydrogen-bond acceptors (Lipinski definition) is 7. The van der Waals surface area contributed by atoms with Gasteiger partial charge in [-0.2, -0.15) is 4.98 Å². The first kappa shape index (κ1) is 20.4. The average Bonchev–Trinajstić information content (AvgIpc) is 2.72. The lowest BCUT2D eigenvalue weighted by atomic mass is 10.1. The van der Waals surface area contributed by atoms with E-state index >= 15 is 0 Å². The van der Waals surface area contributed by atoms with Crippen LogP contribution in [0.1, 0.15) is 22.5 Å². The van der Waals surface area contributed by atoms with E-state index in [1.54, 1.807) is 30.3 Å². The third-order valence-electron chi connectivity index (χ3n) is 4.38. The Morgan fingerprint density at radius 1 is 1.14 bits per heavy atom. The highest BCUT2D eigenvalue weighted by Crippen LogP contribution is 2.19. The molecular weight excluding hydrogens is 372 g/mol. The van der Waals surface area contributed by atoms with Gasteiger partial charge in [-0.15, -0.1) is 0 Å². The van der Waals surface area contributed by atoms with Crippen molar-refractivity contribution in [3.8, 4) is 5.69 Å². The van der Waals surface area contributed by atoms with Crippen LogP contribution < -0.4 is 21.9 Å². The lowest BCUT2D eigenvalue weighted by Gasteiger charge is -2.13. The fourth-order valence-electron chi connectivity index (χ4n) is 2.92. The van der Waals surface area contributed by atoms with E-state index in [2.05, 4.69) is 20.6 Å². The molecule has 0 unspecified atom stereocenters. The Bertz CT molecular complexity index is 1060. The van der Waals surface area contributed by atoms with Gasteiger partial charge in [0.1, 0.15) is 0 Å². The van der Waals surface area contributed by atoms with Crippen LogP contribution in [0.25, 0.3) is 16.7 Å². The number of nitrogens with one attached hydrogen (secondary N) is 2. The second-order valence-corrected chi connectivity index (χ2v) is 6.47. The average molecular weight is 396 g/mol. The molecule has 5 N–H and O–H groups in total. The number of benzene rings is 1. The van der Waals surface area contributed by atoms with Crippen LogP contribution in [-0.2, 0) is 0 Å². The molecule has 9 heteroatoms. The number of amides is 1. The minimum absolute atomic E-state index is 0.0205. The number of aliphatic hydroxyl groups excluding tert-OH is 1. The van der Waals surface area contributed by atoms with Crippen molar-refractivity contribution in [2.24, 2.45) is 5.73 Å². The highest BCUT2D eigenvalue weighted by atomic mass is 16.3. The van der Waals surface area contributed by atoms with E-state index < -0.39 is 0 Å². The fraction of sp³-hybridized carbons (Fsp3) is 0.300. The number of hydrogen-bond donors (Lipinski definition) is 4. The zero-order valence-corrected chi connectivity index (χ0v) is 16.2. The summed E-state index contributed by atoms with van der Waals surface area (Å²) in [5, 5.41) is 15.3. The second kappa shape index (κ2) is 9.26. The predicted octanol–water partition coefficient (Wildman–Crippen LogP) is 0.572. The summed E-state index contributed by atoms with van der Waals surface area (Å²) in [5.74, 6) is 0.168. The fourth-order valence-corrected chi connectivity index (χ4v) is 2.92. The van der Waals surface area contributed by atoms with Crippen molar-refractivity contribution in [3.63, 3.8) is 0 Å². The number of anilines is 1. The van der Waals surface area contributed by atoms with E-state index in [9.17, 15) is 9.59 Å². The first-order chi connectivity index (χ1) is 14.0. The molecule has 152 valence electrons. The third kappa shape index (κ3) is 4.58. The summed E-state index contributed by atoms with van der Waals surface area (Å²) in [6, 6.07) is 9.88. The van der Waals surface area contributed by atoms with Crippen molar-refractivity contribution in [2.45, 2.75) is 13.3 Å². The number of carbonyl (C=O) groups is 1. The van der Waals surface area contributed by atoms with Crippen LogP contribution in [0, 0.1) is 6.92 Å². The summed E-state index contributed by atoms with van der Waals surface area (Å²) in [5.41, 5.74) is 7.57. The lowest BCUT2D eigenvalue weighted by Crippen LogP contribution is -2.25. The molecule has 3 rings (SSSR count). The highest BCUT2D eigenvalue weighted by Gasteiger charge is 2.12. The zero-order valence-electron chi connectivity index (χ0n) is 16.2. The topological polar surface area (TPSA) is 135 Å². The summed E-state index contributed by atoms with van der Waals surface area (Å²) < 4.78 is 1.49. The lowest BCUT2D eigenvalue weighted by molar-refractivity contribution is 0.0951. The summed E-state index contributed by atoms with van der Waals surface area (Å²) in [7, 11) is 0. The van der Waals surface area contributed by atoms with Gasteiger partial charge in [-0.1, -0.05) is 0 Å². The maximum absolute atomic E-state index is 12.6. The molecule has 0 aliphatic rings. The smallest absolute Gasteiger partial charge is 0.256 e. The quantitative estimate of drug-likeness (QED) is 0.409. The summed E-state index contributed by atoms with van der Waals surface area (Å²) in [6.45, 7) is 3.22. The molecule has 0 aliphatic carbocycles. The monoisotopic (exact) mass is 396 g/mol. The van der Waals surface area contributed by atoms with Crippen molar-refractivity contribution >= 4 is 22.9 Å². The van der Waals surface area contributed by atoms with Gasteiger partial charge in [-0.3, -0.25) is 14.2 Å². The number of carbonyl (C=O) groups excluding carboxylic acids is 1. The Balaban J connectivity index is 2.00. The number of fused-ring (bicyclic) bond motifs is 1. The molecule has 0 bridgehead atoms. The van der Waals surface area contributed by atoms with Gasteiger partial charge in [0.2, 0.25) is 5.95 Å². The largest absolute Gasteiger partial charge is 0.396 e. The first-order valence-corrected chi connectivity index (χ1v) is 9.39. The van der Waals surface area contributed by atoms with Crippen molar-refractivity contribution in [3.05, 3.63) is 58.0 Å². The third-order valence-corrected chi connectivity index (χ3v) is 4.38. The molecule has 0 fully saturated rings. The van der Waals surface area contributed by atoms with Gasteiger partial charge in [0.05, 0.1) is 11.4 Å². The summed E-state index contributed by atoms with van der Waals surface area (Å²) in [4.78, 5) is 33.7. The minimum atomic E-state index is -0.236. The van der Waals surface area contributed by atoms with E-state index in [1.165, 1.54) is 10.6 Å². The van der Waals surface area contributed by atoms with Gasteiger partial charge in [-0.25, -0.2) is 4.98 Å². The van der Waals surface area contributed by atoms with Crippen LogP contribution in [0.3, 0.4) is 0 Å². The second-order valence-electron chi connectivity index (χ2n) is 6.47. The van der Waals surface area contributed by atoms with Crippen LogP contribution in [0.4, 0.5) is 5.95 Å². The van der Waals surface area contributed by atoms with Crippen LogP contribution in [0.5, 0.6) is 0 Å². The summed E-state index contributed by atoms with van der Waals surface area (Å²) >= 11 is 0. The summed E-state index contributed by atoms with van der Waals surface area (Å²) in [6.07, 6.45) is 0.495. The van der Waals surface area contributed by atoms with Gasteiger partial charge in [0, 0.05) is 43.3 Å². The normalized spacial score (nSPS) is 10.9.